The van der Waals surface area contributed by atoms with E-state index >= 15 is 0 Å². The van der Waals surface area contributed by atoms with Gasteiger partial charge in [0.2, 0.25) is 0 Å². The average Bonchev–Trinajstić information content (AvgIpc) is 2.43. The van der Waals surface area contributed by atoms with Crippen LogP contribution in [0.15, 0.2) is 53.5 Å². The Labute approximate surface area is 136 Å². The number of hydrogen-bond acceptors (Lipinski definition) is 1. The zero-order valence-electron chi connectivity index (χ0n) is 12.8. The molecule has 0 fully saturated rings. The van der Waals surface area contributed by atoms with E-state index in [1.807, 2.05) is 12.1 Å². The minimum atomic E-state index is -1.53. The van der Waals surface area contributed by atoms with E-state index < -0.39 is 8.07 Å². The van der Waals surface area contributed by atoms with Gasteiger partial charge in [-0.15, -0.1) is 5.54 Å². The quantitative estimate of drug-likeness (QED) is 0.393. The number of hydrogen-bond donors (Lipinski definition) is 0. The Morgan fingerprint density at radius 2 is 1.77 bits per heavy atom. The lowest BCUT2D eigenvalue weighted by molar-refractivity contribution is 0.628. The molecule has 2 aromatic carbocycles. The van der Waals surface area contributed by atoms with Crippen molar-refractivity contribution in [3.05, 3.63) is 64.9 Å². The number of aliphatic imine (C=N–C) groups is 1. The number of benzene rings is 2. The highest BCUT2D eigenvalue weighted by Crippen LogP contribution is 2.17. The van der Waals surface area contributed by atoms with Crippen LogP contribution in [0.5, 0.6) is 0 Å². The summed E-state index contributed by atoms with van der Waals surface area (Å²) in [5.41, 5.74) is 5.36. The normalized spacial score (nSPS) is 11.8. The lowest BCUT2D eigenvalue weighted by Crippen LogP contribution is -2.17. The Balaban J connectivity index is 2.49. The standard InChI is InChI=1S/C18H17ClFNSi/c1-22(2,3)12-11-18(14-7-9-15(19)10-8-14)21-17-6-4-5-16(20)13-17/h4-10,13H,1-3H3. The first-order chi connectivity index (χ1) is 10.3. The maximum absolute atomic E-state index is 13.3. The summed E-state index contributed by atoms with van der Waals surface area (Å²) >= 11 is 5.93. The maximum atomic E-state index is 13.3. The molecule has 22 heavy (non-hydrogen) atoms. The minimum Gasteiger partial charge on any atom is -0.239 e. The molecule has 0 radical (unpaired) electrons. The molecule has 0 aliphatic rings. The van der Waals surface area contributed by atoms with Gasteiger partial charge in [-0.3, -0.25) is 0 Å². The molecule has 2 rings (SSSR count). The SMILES string of the molecule is C[Si](C)(C)C#CC(=Nc1cccc(F)c1)c1ccc(Cl)cc1. The molecule has 0 heterocycles. The van der Waals surface area contributed by atoms with Crippen LogP contribution in [0.4, 0.5) is 10.1 Å². The van der Waals surface area contributed by atoms with E-state index in [1.54, 1.807) is 24.3 Å². The lowest BCUT2D eigenvalue weighted by atomic mass is 10.1. The van der Waals surface area contributed by atoms with Gasteiger partial charge in [-0.05, 0) is 30.3 Å². The van der Waals surface area contributed by atoms with E-state index in [0.29, 0.717) is 16.4 Å². The highest BCUT2D eigenvalue weighted by atomic mass is 35.5. The highest BCUT2D eigenvalue weighted by Gasteiger charge is 2.09. The van der Waals surface area contributed by atoms with E-state index in [1.165, 1.54) is 12.1 Å². The molecule has 0 saturated heterocycles. The van der Waals surface area contributed by atoms with Crippen molar-refractivity contribution in [3.63, 3.8) is 0 Å². The molecular weight excluding hydrogens is 313 g/mol. The predicted molar refractivity (Wildman–Crippen MR) is 95.2 cm³/mol. The van der Waals surface area contributed by atoms with Gasteiger partial charge in [0.25, 0.3) is 0 Å². The fourth-order valence-corrected chi connectivity index (χ4v) is 2.31. The summed E-state index contributed by atoms with van der Waals surface area (Å²) in [6.45, 7) is 6.50. The molecule has 0 spiro atoms. The number of halogens is 2. The fraction of sp³-hybridized carbons (Fsp3) is 0.167. The number of rotatable bonds is 2. The molecule has 0 aromatic heterocycles. The van der Waals surface area contributed by atoms with E-state index in [9.17, 15) is 4.39 Å². The second kappa shape index (κ2) is 6.91. The third-order valence-electron chi connectivity index (χ3n) is 2.72. The molecule has 0 unspecified atom stereocenters. The Bertz CT molecular complexity index is 749. The Hall–Kier alpha value is -1.89. The fourth-order valence-electron chi connectivity index (χ4n) is 1.69. The van der Waals surface area contributed by atoms with Crippen LogP contribution in [0.3, 0.4) is 0 Å². The van der Waals surface area contributed by atoms with Gasteiger partial charge in [0.1, 0.15) is 19.6 Å². The highest BCUT2D eigenvalue weighted by molar-refractivity contribution is 6.84. The summed E-state index contributed by atoms with van der Waals surface area (Å²) in [4.78, 5) is 4.50. The monoisotopic (exact) mass is 329 g/mol. The van der Waals surface area contributed by atoms with E-state index in [2.05, 4.69) is 36.1 Å². The van der Waals surface area contributed by atoms with Crippen molar-refractivity contribution < 1.29 is 4.39 Å². The average molecular weight is 330 g/mol. The van der Waals surface area contributed by atoms with Crippen molar-refractivity contribution >= 4 is 31.1 Å². The van der Waals surface area contributed by atoms with Crippen LogP contribution in [0, 0.1) is 17.3 Å². The van der Waals surface area contributed by atoms with E-state index in [4.69, 9.17) is 11.6 Å². The predicted octanol–water partition coefficient (Wildman–Crippen LogP) is 5.48. The largest absolute Gasteiger partial charge is 0.239 e. The summed E-state index contributed by atoms with van der Waals surface area (Å²) in [5, 5.41) is 0.659. The third kappa shape index (κ3) is 5.14. The van der Waals surface area contributed by atoms with Crippen LogP contribution >= 0.6 is 11.6 Å². The van der Waals surface area contributed by atoms with Crippen molar-refractivity contribution in [3.8, 4) is 11.5 Å². The molecule has 112 valence electrons. The summed E-state index contributed by atoms with van der Waals surface area (Å²) < 4.78 is 13.3. The zero-order valence-corrected chi connectivity index (χ0v) is 14.6. The molecule has 0 saturated carbocycles. The van der Waals surface area contributed by atoms with Crippen LogP contribution in [0.2, 0.25) is 24.7 Å². The Morgan fingerprint density at radius 3 is 2.36 bits per heavy atom. The Kier molecular flexibility index (Phi) is 5.18. The van der Waals surface area contributed by atoms with Crippen LogP contribution in [0.25, 0.3) is 0 Å². The van der Waals surface area contributed by atoms with Gasteiger partial charge in [-0.1, -0.05) is 55.4 Å². The van der Waals surface area contributed by atoms with Crippen LogP contribution in [0.1, 0.15) is 5.56 Å². The first kappa shape index (κ1) is 16.5. The summed E-state index contributed by atoms with van der Waals surface area (Å²) in [5.74, 6) is 2.85. The molecular formula is C18H17ClFNSi. The second-order valence-electron chi connectivity index (χ2n) is 5.95. The van der Waals surface area contributed by atoms with Gasteiger partial charge in [-0.25, -0.2) is 9.38 Å². The third-order valence-corrected chi connectivity index (χ3v) is 3.85. The molecule has 4 heteroatoms. The molecule has 0 aliphatic carbocycles. The van der Waals surface area contributed by atoms with Gasteiger partial charge < -0.3 is 0 Å². The van der Waals surface area contributed by atoms with Gasteiger partial charge in [-0.2, -0.15) is 0 Å². The van der Waals surface area contributed by atoms with E-state index in [-0.39, 0.29) is 5.82 Å². The minimum absolute atomic E-state index is 0.310. The molecule has 0 aliphatic heterocycles. The summed E-state index contributed by atoms with van der Waals surface area (Å²) in [6.07, 6.45) is 0. The van der Waals surface area contributed by atoms with Crippen LogP contribution in [-0.2, 0) is 0 Å². The van der Waals surface area contributed by atoms with E-state index in [0.717, 1.165) is 5.56 Å². The van der Waals surface area contributed by atoms with Crippen molar-refractivity contribution in [2.75, 3.05) is 0 Å². The van der Waals surface area contributed by atoms with Crippen molar-refractivity contribution in [2.24, 2.45) is 4.99 Å². The topological polar surface area (TPSA) is 12.4 Å². The molecule has 1 nitrogen and oxygen atoms in total. The molecule has 0 amide bonds. The first-order valence-electron chi connectivity index (χ1n) is 6.97. The molecule has 0 atom stereocenters. The Morgan fingerprint density at radius 1 is 1.09 bits per heavy atom. The van der Waals surface area contributed by atoms with Gasteiger partial charge in [0.15, 0.2) is 0 Å². The van der Waals surface area contributed by atoms with Gasteiger partial charge >= 0.3 is 0 Å². The summed E-state index contributed by atoms with van der Waals surface area (Å²) in [7, 11) is -1.53. The van der Waals surface area contributed by atoms with Crippen molar-refractivity contribution in [1.29, 1.82) is 0 Å². The van der Waals surface area contributed by atoms with Crippen molar-refractivity contribution in [1.82, 2.24) is 0 Å². The zero-order chi connectivity index (χ0) is 16.2. The van der Waals surface area contributed by atoms with Crippen LogP contribution in [-0.4, -0.2) is 13.8 Å². The maximum Gasteiger partial charge on any atom is 0.129 e. The van der Waals surface area contributed by atoms with Crippen molar-refractivity contribution in [2.45, 2.75) is 19.6 Å². The molecule has 0 N–H and O–H groups in total. The lowest BCUT2D eigenvalue weighted by Gasteiger charge is -2.05. The summed E-state index contributed by atoms with van der Waals surface area (Å²) in [6, 6.07) is 13.5. The number of nitrogens with zero attached hydrogens (tertiary/aromatic N) is 1. The first-order valence-corrected chi connectivity index (χ1v) is 10.8. The van der Waals surface area contributed by atoms with Gasteiger partial charge in [0.05, 0.1) is 5.69 Å². The second-order valence-corrected chi connectivity index (χ2v) is 11.1. The smallest absolute Gasteiger partial charge is 0.129 e. The molecule has 2 aromatic rings. The van der Waals surface area contributed by atoms with Gasteiger partial charge in [0, 0.05) is 10.6 Å². The van der Waals surface area contributed by atoms with Crippen LogP contribution < -0.4 is 0 Å². The molecule has 0 bridgehead atoms.